The Labute approximate surface area is 117 Å². The summed E-state index contributed by atoms with van der Waals surface area (Å²) in [5.41, 5.74) is 2.53. The third kappa shape index (κ3) is 3.05. The van der Waals surface area contributed by atoms with E-state index in [-0.39, 0.29) is 6.61 Å². The number of halogens is 1. The van der Waals surface area contributed by atoms with Gasteiger partial charge in [-0.2, -0.15) is 0 Å². The number of nitrogens with one attached hydrogen (secondary N) is 1. The van der Waals surface area contributed by atoms with Gasteiger partial charge in [0.15, 0.2) is 0 Å². The standard InChI is InChI=1S/C14H21BrN2O/c1-10(16-2)13-6-3-11(15)9-14(13)17(7-8-18)12-4-5-12/h3,6,9-10,12,16,18H,4-5,7-8H2,1-2H3. The Hall–Kier alpha value is -0.580. The number of nitrogens with zero attached hydrogens (tertiary/aromatic N) is 1. The van der Waals surface area contributed by atoms with Crippen LogP contribution in [0.2, 0.25) is 0 Å². The van der Waals surface area contributed by atoms with Gasteiger partial charge in [-0.05, 0) is 44.5 Å². The molecule has 4 heteroatoms. The van der Waals surface area contributed by atoms with E-state index in [9.17, 15) is 5.11 Å². The van der Waals surface area contributed by atoms with Crippen LogP contribution in [0.5, 0.6) is 0 Å². The Morgan fingerprint density at radius 3 is 2.78 bits per heavy atom. The topological polar surface area (TPSA) is 35.5 Å². The third-order valence-electron chi connectivity index (χ3n) is 3.53. The van der Waals surface area contributed by atoms with E-state index in [4.69, 9.17) is 0 Å². The first-order valence-corrected chi connectivity index (χ1v) is 7.31. The van der Waals surface area contributed by atoms with Crippen molar-refractivity contribution in [3.63, 3.8) is 0 Å². The summed E-state index contributed by atoms with van der Waals surface area (Å²) in [6.45, 7) is 3.08. The molecule has 0 aliphatic heterocycles. The molecule has 1 aromatic rings. The molecule has 0 saturated heterocycles. The molecular weight excluding hydrogens is 292 g/mol. The zero-order valence-corrected chi connectivity index (χ0v) is 12.6. The summed E-state index contributed by atoms with van der Waals surface area (Å²) in [7, 11) is 1.98. The predicted molar refractivity (Wildman–Crippen MR) is 79.1 cm³/mol. The lowest BCUT2D eigenvalue weighted by Crippen LogP contribution is -2.31. The Kier molecular flexibility index (Phi) is 4.65. The molecule has 18 heavy (non-hydrogen) atoms. The average molecular weight is 313 g/mol. The Balaban J connectivity index is 2.35. The fourth-order valence-electron chi connectivity index (χ4n) is 2.28. The Bertz CT molecular complexity index is 407. The zero-order valence-electron chi connectivity index (χ0n) is 11.0. The van der Waals surface area contributed by atoms with Crippen molar-refractivity contribution in [1.82, 2.24) is 5.32 Å². The van der Waals surface area contributed by atoms with E-state index in [0.29, 0.717) is 18.6 Å². The van der Waals surface area contributed by atoms with Crippen LogP contribution in [0.3, 0.4) is 0 Å². The van der Waals surface area contributed by atoms with Crippen LogP contribution in [0.1, 0.15) is 31.4 Å². The van der Waals surface area contributed by atoms with Crippen molar-refractivity contribution in [3.05, 3.63) is 28.2 Å². The zero-order chi connectivity index (χ0) is 13.1. The van der Waals surface area contributed by atoms with Crippen LogP contribution in [0, 0.1) is 0 Å². The number of hydrogen-bond acceptors (Lipinski definition) is 3. The molecule has 0 radical (unpaired) electrons. The third-order valence-corrected chi connectivity index (χ3v) is 4.02. The number of aliphatic hydroxyl groups is 1. The molecule has 0 bridgehead atoms. The average Bonchev–Trinajstić information content (AvgIpc) is 3.19. The van der Waals surface area contributed by atoms with E-state index in [1.807, 2.05) is 7.05 Å². The van der Waals surface area contributed by atoms with E-state index >= 15 is 0 Å². The first-order chi connectivity index (χ1) is 8.67. The molecule has 1 fully saturated rings. The van der Waals surface area contributed by atoms with Gasteiger partial charge in [0.25, 0.3) is 0 Å². The fraction of sp³-hybridized carbons (Fsp3) is 0.571. The van der Waals surface area contributed by atoms with Gasteiger partial charge in [0.05, 0.1) is 6.61 Å². The van der Waals surface area contributed by atoms with Gasteiger partial charge in [0.2, 0.25) is 0 Å². The second-order valence-electron chi connectivity index (χ2n) is 4.86. The Morgan fingerprint density at radius 2 is 2.22 bits per heavy atom. The van der Waals surface area contributed by atoms with Gasteiger partial charge < -0.3 is 15.3 Å². The fourth-order valence-corrected chi connectivity index (χ4v) is 2.63. The maximum Gasteiger partial charge on any atom is 0.0606 e. The highest BCUT2D eigenvalue weighted by Crippen LogP contribution is 2.36. The van der Waals surface area contributed by atoms with Crippen LogP contribution < -0.4 is 10.2 Å². The van der Waals surface area contributed by atoms with Gasteiger partial charge in [0.1, 0.15) is 0 Å². The molecule has 100 valence electrons. The maximum absolute atomic E-state index is 9.26. The number of aliphatic hydroxyl groups excluding tert-OH is 1. The molecule has 1 atom stereocenters. The second-order valence-corrected chi connectivity index (χ2v) is 5.78. The van der Waals surface area contributed by atoms with E-state index in [0.717, 1.165) is 4.47 Å². The highest BCUT2D eigenvalue weighted by Gasteiger charge is 2.30. The molecule has 0 aromatic heterocycles. The molecule has 3 nitrogen and oxygen atoms in total. The lowest BCUT2D eigenvalue weighted by Gasteiger charge is -2.28. The molecule has 0 spiro atoms. The molecule has 0 amide bonds. The monoisotopic (exact) mass is 312 g/mol. The summed E-state index contributed by atoms with van der Waals surface area (Å²) in [4.78, 5) is 2.34. The van der Waals surface area contributed by atoms with E-state index in [1.165, 1.54) is 24.1 Å². The van der Waals surface area contributed by atoms with Crippen molar-refractivity contribution >= 4 is 21.6 Å². The number of benzene rings is 1. The van der Waals surface area contributed by atoms with Gasteiger partial charge in [0, 0.05) is 28.8 Å². The van der Waals surface area contributed by atoms with Crippen molar-refractivity contribution in [1.29, 1.82) is 0 Å². The van der Waals surface area contributed by atoms with Gasteiger partial charge >= 0.3 is 0 Å². The van der Waals surface area contributed by atoms with Crippen LogP contribution in [0.25, 0.3) is 0 Å². The Morgan fingerprint density at radius 1 is 1.50 bits per heavy atom. The highest BCUT2D eigenvalue weighted by atomic mass is 79.9. The van der Waals surface area contributed by atoms with Gasteiger partial charge in [-0.3, -0.25) is 0 Å². The number of anilines is 1. The van der Waals surface area contributed by atoms with Crippen LogP contribution in [0.4, 0.5) is 5.69 Å². The van der Waals surface area contributed by atoms with Crippen molar-refractivity contribution in [2.45, 2.75) is 31.8 Å². The molecule has 2 N–H and O–H groups in total. The normalized spacial score (nSPS) is 16.7. The van der Waals surface area contributed by atoms with E-state index in [1.54, 1.807) is 0 Å². The SMILES string of the molecule is CNC(C)c1ccc(Br)cc1N(CCO)C1CC1. The second kappa shape index (κ2) is 6.04. The number of rotatable bonds is 6. The summed E-state index contributed by atoms with van der Waals surface area (Å²) in [6.07, 6.45) is 2.47. The van der Waals surface area contributed by atoms with Crippen molar-refractivity contribution < 1.29 is 5.11 Å². The summed E-state index contributed by atoms with van der Waals surface area (Å²) in [5, 5.41) is 12.6. The van der Waals surface area contributed by atoms with Gasteiger partial charge in [-0.25, -0.2) is 0 Å². The molecule has 1 saturated carbocycles. The summed E-state index contributed by atoms with van der Waals surface area (Å²) >= 11 is 3.55. The molecule has 1 aliphatic carbocycles. The molecule has 1 unspecified atom stereocenters. The van der Waals surface area contributed by atoms with Gasteiger partial charge in [-0.1, -0.05) is 22.0 Å². The maximum atomic E-state index is 9.26. The highest BCUT2D eigenvalue weighted by molar-refractivity contribution is 9.10. The molecule has 1 aliphatic rings. The summed E-state index contributed by atoms with van der Waals surface area (Å²) in [5.74, 6) is 0. The largest absolute Gasteiger partial charge is 0.395 e. The predicted octanol–water partition coefficient (Wildman–Crippen LogP) is 2.69. The van der Waals surface area contributed by atoms with E-state index < -0.39 is 0 Å². The minimum absolute atomic E-state index is 0.205. The summed E-state index contributed by atoms with van der Waals surface area (Å²) < 4.78 is 1.09. The van der Waals surface area contributed by atoms with Crippen LogP contribution >= 0.6 is 15.9 Å². The minimum Gasteiger partial charge on any atom is -0.395 e. The molecule has 0 heterocycles. The van der Waals surface area contributed by atoms with Crippen LogP contribution in [0.15, 0.2) is 22.7 Å². The van der Waals surface area contributed by atoms with E-state index in [2.05, 4.69) is 51.3 Å². The smallest absolute Gasteiger partial charge is 0.0606 e. The first kappa shape index (κ1) is 13.8. The molecular formula is C14H21BrN2O. The van der Waals surface area contributed by atoms with Gasteiger partial charge in [-0.15, -0.1) is 0 Å². The quantitative estimate of drug-likeness (QED) is 0.848. The van der Waals surface area contributed by atoms with Crippen molar-refractivity contribution in [3.8, 4) is 0 Å². The number of hydrogen-bond donors (Lipinski definition) is 2. The minimum atomic E-state index is 0.205. The van der Waals surface area contributed by atoms with Crippen molar-refractivity contribution in [2.75, 3.05) is 25.1 Å². The van der Waals surface area contributed by atoms with Crippen LogP contribution in [-0.2, 0) is 0 Å². The lowest BCUT2D eigenvalue weighted by molar-refractivity contribution is 0.301. The molecule has 1 aromatic carbocycles. The lowest BCUT2D eigenvalue weighted by atomic mass is 10.0. The molecule has 2 rings (SSSR count). The summed E-state index contributed by atoms with van der Waals surface area (Å²) in [6, 6.07) is 7.32. The van der Waals surface area contributed by atoms with Crippen molar-refractivity contribution in [2.24, 2.45) is 0 Å². The van der Waals surface area contributed by atoms with Crippen LogP contribution in [-0.4, -0.2) is 31.3 Å². The first-order valence-electron chi connectivity index (χ1n) is 6.51.